The Bertz CT molecular complexity index is 537. The standard InChI is InChI=1S/C14H19F2NO2S/c1-2-7-17-12-8-11(9-12)10-3-5-13(6-4-10)20(18,19)14(15)16/h3-6,11-12,14,17H,2,7-9H2,1H3. The van der Waals surface area contributed by atoms with Gasteiger partial charge in [-0.1, -0.05) is 19.1 Å². The number of benzene rings is 1. The Morgan fingerprint density at radius 1 is 1.25 bits per heavy atom. The van der Waals surface area contributed by atoms with Crippen LogP contribution < -0.4 is 5.32 Å². The molecule has 1 aliphatic carbocycles. The molecule has 20 heavy (non-hydrogen) atoms. The molecule has 0 radical (unpaired) electrons. The van der Waals surface area contributed by atoms with Crippen molar-refractivity contribution >= 4 is 9.84 Å². The smallest absolute Gasteiger partial charge is 0.314 e. The molecule has 0 amide bonds. The second kappa shape index (κ2) is 6.18. The molecule has 0 bridgehead atoms. The molecule has 1 aromatic carbocycles. The maximum absolute atomic E-state index is 12.4. The van der Waals surface area contributed by atoms with Crippen molar-refractivity contribution in [2.75, 3.05) is 6.54 Å². The lowest BCUT2D eigenvalue weighted by atomic mass is 9.76. The van der Waals surface area contributed by atoms with Gasteiger partial charge in [-0.3, -0.25) is 0 Å². The van der Waals surface area contributed by atoms with Crippen LogP contribution in [0.1, 0.15) is 37.7 Å². The van der Waals surface area contributed by atoms with Crippen molar-refractivity contribution in [2.24, 2.45) is 0 Å². The monoisotopic (exact) mass is 303 g/mol. The first kappa shape index (κ1) is 15.4. The van der Waals surface area contributed by atoms with Crippen LogP contribution in [-0.2, 0) is 9.84 Å². The van der Waals surface area contributed by atoms with Crippen LogP contribution in [-0.4, -0.2) is 26.8 Å². The third-order valence-corrected chi connectivity index (χ3v) is 5.13. The van der Waals surface area contributed by atoms with Crippen molar-refractivity contribution in [3.63, 3.8) is 0 Å². The van der Waals surface area contributed by atoms with Gasteiger partial charge < -0.3 is 5.32 Å². The average molecular weight is 303 g/mol. The number of rotatable bonds is 6. The summed E-state index contributed by atoms with van der Waals surface area (Å²) in [5, 5.41) is 3.42. The van der Waals surface area contributed by atoms with Crippen molar-refractivity contribution in [3.8, 4) is 0 Å². The zero-order chi connectivity index (χ0) is 14.8. The van der Waals surface area contributed by atoms with Crippen LogP contribution in [0, 0.1) is 0 Å². The minimum Gasteiger partial charge on any atom is -0.314 e. The lowest BCUT2D eigenvalue weighted by Crippen LogP contribution is -2.40. The Kier molecular flexibility index (Phi) is 4.75. The molecular formula is C14H19F2NO2S. The van der Waals surface area contributed by atoms with Gasteiger partial charge in [0, 0.05) is 6.04 Å². The van der Waals surface area contributed by atoms with E-state index in [9.17, 15) is 17.2 Å². The van der Waals surface area contributed by atoms with Crippen molar-refractivity contribution in [2.45, 2.75) is 48.8 Å². The summed E-state index contributed by atoms with van der Waals surface area (Å²) < 4.78 is 47.4. The van der Waals surface area contributed by atoms with Crippen molar-refractivity contribution in [1.82, 2.24) is 5.32 Å². The Labute approximate surface area is 118 Å². The number of nitrogens with one attached hydrogen (secondary N) is 1. The third kappa shape index (κ3) is 3.17. The quantitative estimate of drug-likeness (QED) is 0.879. The van der Waals surface area contributed by atoms with E-state index in [0.29, 0.717) is 12.0 Å². The van der Waals surface area contributed by atoms with Gasteiger partial charge in [-0.05, 0) is 49.4 Å². The fourth-order valence-electron chi connectivity index (χ4n) is 2.44. The molecule has 1 fully saturated rings. The Balaban J connectivity index is 1.97. The van der Waals surface area contributed by atoms with Crippen molar-refractivity contribution in [1.29, 1.82) is 0 Å². The fourth-order valence-corrected chi connectivity index (χ4v) is 3.16. The summed E-state index contributed by atoms with van der Waals surface area (Å²) in [6.45, 7) is 3.12. The van der Waals surface area contributed by atoms with Gasteiger partial charge in [0.2, 0.25) is 9.84 Å². The van der Waals surface area contributed by atoms with E-state index >= 15 is 0 Å². The molecule has 0 unspecified atom stereocenters. The van der Waals surface area contributed by atoms with Crippen molar-refractivity contribution in [3.05, 3.63) is 29.8 Å². The van der Waals surface area contributed by atoms with Crippen LogP contribution in [0.2, 0.25) is 0 Å². The second-order valence-electron chi connectivity index (χ2n) is 5.19. The number of halogens is 2. The minimum atomic E-state index is -4.48. The number of alkyl halides is 2. The van der Waals surface area contributed by atoms with Gasteiger partial charge >= 0.3 is 5.76 Å². The van der Waals surface area contributed by atoms with Gasteiger partial charge in [0.05, 0.1) is 4.90 Å². The van der Waals surface area contributed by atoms with Gasteiger partial charge in [-0.25, -0.2) is 8.42 Å². The predicted molar refractivity (Wildman–Crippen MR) is 73.7 cm³/mol. The van der Waals surface area contributed by atoms with E-state index in [-0.39, 0.29) is 4.90 Å². The molecule has 1 aromatic rings. The average Bonchev–Trinajstić information content (AvgIpc) is 2.37. The SMILES string of the molecule is CCCNC1CC(c2ccc(S(=O)(=O)C(F)F)cc2)C1. The summed E-state index contributed by atoms with van der Waals surface area (Å²) in [6, 6.07) is 6.38. The van der Waals surface area contributed by atoms with Crippen LogP contribution in [0.15, 0.2) is 29.2 Å². The van der Waals surface area contributed by atoms with E-state index < -0.39 is 15.6 Å². The van der Waals surface area contributed by atoms with Gasteiger partial charge in [0.15, 0.2) is 0 Å². The summed E-state index contributed by atoms with van der Waals surface area (Å²) in [4.78, 5) is -0.309. The highest BCUT2D eigenvalue weighted by molar-refractivity contribution is 7.91. The highest BCUT2D eigenvalue weighted by Crippen LogP contribution is 2.37. The van der Waals surface area contributed by atoms with E-state index in [1.54, 1.807) is 12.1 Å². The number of hydrogen-bond donors (Lipinski definition) is 1. The van der Waals surface area contributed by atoms with Crippen LogP contribution in [0.4, 0.5) is 8.78 Å². The zero-order valence-electron chi connectivity index (χ0n) is 11.4. The molecule has 3 nitrogen and oxygen atoms in total. The first-order valence-electron chi connectivity index (χ1n) is 6.80. The maximum Gasteiger partial charge on any atom is 0.341 e. The van der Waals surface area contributed by atoms with E-state index in [4.69, 9.17) is 0 Å². The molecule has 1 saturated carbocycles. The number of hydrogen-bond acceptors (Lipinski definition) is 3. The lowest BCUT2D eigenvalue weighted by Gasteiger charge is -2.36. The molecule has 2 rings (SSSR count). The van der Waals surface area contributed by atoms with E-state index in [1.807, 2.05) is 0 Å². The van der Waals surface area contributed by atoms with Gasteiger partial charge in [0.25, 0.3) is 0 Å². The molecule has 0 aromatic heterocycles. The Morgan fingerprint density at radius 3 is 2.35 bits per heavy atom. The summed E-state index contributed by atoms with van der Waals surface area (Å²) in [7, 11) is -4.48. The zero-order valence-corrected chi connectivity index (χ0v) is 12.2. The first-order valence-corrected chi connectivity index (χ1v) is 8.35. The van der Waals surface area contributed by atoms with Crippen LogP contribution in [0.25, 0.3) is 0 Å². The summed E-state index contributed by atoms with van der Waals surface area (Å²) in [5.74, 6) is -2.97. The largest absolute Gasteiger partial charge is 0.341 e. The summed E-state index contributed by atoms with van der Waals surface area (Å²) in [5.41, 5.74) is 1.02. The van der Waals surface area contributed by atoms with Crippen LogP contribution >= 0.6 is 0 Å². The van der Waals surface area contributed by atoms with Gasteiger partial charge in [-0.2, -0.15) is 8.78 Å². The van der Waals surface area contributed by atoms with Gasteiger partial charge in [0.1, 0.15) is 0 Å². The highest BCUT2D eigenvalue weighted by Gasteiger charge is 2.31. The first-order chi connectivity index (χ1) is 9.45. The molecule has 6 heteroatoms. The predicted octanol–water partition coefficient (Wildman–Crippen LogP) is 2.93. The van der Waals surface area contributed by atoms with Crippen LogP contribution in [0.3, 0.4) is 0 Å². The normalized spacial score (nSPS) is 22.8. The summed E-state index contributed by atoms with van der Waals surface area (Å²) in [6.07, 6.45) is 3.13. The minimum absolute atomic E-state index is 0.309. The van der Waals surface area contributed by atoms with Crippen molar-refractivity contribution < 1.29 is 17.2 Å². The molecule has 0 aliphatic heterocycles. The molecule has 112 valence electrons. The number of sulfone groups is 1. The lowest BCUT2D eigenvalue weighted by molar-refractivity contribution is 0.234. The Morgan fingerprint density at radius 2 is 1.85 bits per heavy atom. The van der Waals surface area contributed by atoms with E-state index in [0.717, 1.165) is 31.4 Å². The summed E-state index contributed by atoms with van der Waals surface area (Å²) >= 11 is 0. The topological polar surface area (TPSA) is 46.2 Å². The molecule has 0 spiro atoms. The molecular weight excluding hydrogens is 284 g/mol. The highest BCUT2D eigenvalue weighted by atomic mass is 32.2. The molecule has 0 heterocycles. The molecule has 1 aliphatic rings. The maximum atomic E-state index is 12.4. The molecule has 1 N–H and O–H groups in total. The second-order valence-corrected chi connectivity index (χ2v) is 7.11. The van der Waals surface area contributed by atoms with E-state index in [1.165, 1.54) is 12.1 Å². The fraction of sp³-hybridized carbons (Fsp3) is 0.571. The molecule has 0 atom stereocenters. The Hall–Kier alpha value is -1.01. The molecule has 0 saturated heterocycles. The van der Waals surface area contributed by atoms with E-state index in [2.05, 4.69) is 12.2 Å². The van der Waals surface area contributed by atoms with Gasteiger partial charge in [-0.15, -0.1) is 0 Å². The van der Waals surface area contributed by atoms with Crippen LogP contribution in [0.5, 0.6) is 0 Å². The third-order valence-electron chi connectivity index (χ3n) is 3.74.